The molecule has 0 amide bonds. The van der Waals surface area contributed by atoms with Crippen LogP contribution in [0, 0.1) is 0 Å². The van der Waals surface area contributed by atoms with Crippen molar-refractivity contribution in [2.45, 2.75) is 17.4 Å². The van der Waals surface area contributed by atoms with Crippen molar-refractivity contribution in [1.29, 1.82) is 0 Å². The zero-order chi connectivity index (χ0) is 15.5. The smallest absolute Gasteiger partial charge is 0.321 e. The van der Waals surface area contributed by atoms with Crippen LogP contribution in [0.25, 0.3) is 10.9 Å². The lowest BCUT2D eigenvalue weighted by Gasteiger charge is -2.14. The molecule has 0 saturated carbocycles. The number of carboxylic acid groups (broad SMARTS) is 1. The Morgan fingerprint density at radius 1 is 1.29 bits per heavy atom. The first kappa shape index (κ1) is 15.4. The van der Waals surface area contributed by atoms with Crippen molar-refractivity contribution in [3.63, 3.8) is 0 Å². The topological polar surface area (TPSA) is 117 Å². The number of fused-ring (bicyclic) bond motifs is 1. The van der Waals surface area contributed by atoms with E-state index in [4.69, 9.17) is 10.2 Å². The number of rotatable bonds is 6. The molecule has 0 bridgehead atoms. The highest BCUT2D eigenvalue weighted by atomic mass is 32.2. The second-order valence-electron chi connectivity index (χ2n) is 4.35. The number of aromatic nitrogens is 1. The Balaban J connectivity index is 2.44. The number of sulfonamides is 1. The fraction of sp³-hybridized carbons (Fsp3) is 0.231. The fourth-order valence-electron chi connectivity index (χ4n) is 1.92. The van der Waals surface area contributed by atoms with Gasteiger partial charge in [-0.1, -0.05) is 6.07 Å². The minimum absolute atomic E-state index is 0.0442. The molecular formula is C13H14N2O5S. The summed E-state index contributed by atoms with van der Waals surface area (Å²) in [6, 6.07) is 6.39. The summed E-state index contributed by atoms with van der Waals surface area (Å²) in [5, 5.41) is 18.2. The molecule has 1 aromatic heterocycles. The summed E-state index contributed by atoms with van der Waals surface area (Å²) in [6.07, 6.45) is 1.33. The van der Waals surface area contributed by atoms with Crippen LogP contribution in [-0.2, 0) is 14.8 Å². The quantitative estimate of drug-likeness (QED) is 0.709. The first-order valence-electron chi connectivity index (χ1n) is 6.15. The molecule has 0 aliphatic heterocycles. The summed E-state index contributed by atoms with van der Waals surface area (Å²) in [5.41, 5.74) is 0.495. The minimum atomic E-state index is -4.04. The van der Waals surface area contributed by atoms with Crippen molar-refractivity contribution in [2.24, 2.45) is 0 Å². The first-order valence-corrected chi connectivity index (χ1v) is 7.64. The van der Waals surface area contributed by atoms with Crippen LogP contribution >= 0.6 is 0 Å². The number of aliphatic carboxylic acids is 1. The summed E-state index contributed by atoms with van der Waals surface area (Å²) < 4.78 is 26.8. The molecule has 8 heteroatoms. The first-order chi connectivity index (χ1) is 9.95. The van der Waals surface area contributed by atoms with Crippen LogP contribution in [-0.4, -0.2) is 42.2 Å². The normalized spacial score (nSPS) is 13.2. The summed E-state index contributed by atoms with van der Waals surface area (Å²) in [7, 11) is -4.04. The third kappa shape index (κ3) is 3.35. The summed E-state index contributed by atoms with van der Waals surface area (Å²) >= 11 is 0. The predicted molar refractivity (Wildman–Crippen MR) is 75.2 cm³/mol. The van der Waals surface area contributed by atoms with E-state index >= 15 is 0 Å². The maximum atomic E-state index is 12.4. The van der Waals surface area contributed by atoms with Crippen LogP contribution in [0.1, 0.15) is 6.42 Å². The van der Waals surface area contributed by atoms with Crippen LogP contribution in [0.3, 0.4) is 0 Å². The largest absolute Gasteiger partial charge is 0.480 e. The van der Waals surface area contributed by atoms with E-state index < -0.39 is 28.6 Å². The Labute approximate surface area is 121 Å². The Bertz CT molecular complexity index is 755. The Morgan fingerprint density at radius 3 is 2.71 bits per heavy atom. The van der Waals surface area contributed by atoms with Gasteiger partial charge in [-0.25, -0.2) is 8.42 Å². The number of hydrogen-bond donors (Lipinski definition) is 3. The molecule has 2 aromatic rings. The van der Waals surface area contributed by atoms with Gasteiger partial charge in [0.05, 0.1) is 10.4 Å². The zero-order valence-corrected chi connectivity index (χ0v) is 11.7. The van der Waals surface area contributed by atoms with Crippen molar-refractivity contribution in [1.82, 2.24) is 9.71 Å². The number of carbonyl (C=O) groups is 1. The number of nitrogens with one attached hydrogen (secondary N) is 1. The molecular weight excluding hydrogens is 296 g/mol. The van der Waals surface area contributed by atoms with Crippen molar-refractivity contribution >= 4 is 26.9 Å². The number of benzene rings is 1. The van der Waals surface area contributed by atoms with E-state index in [1.807, 2.05) is 0 Å². The number of aliphatic hydroxyl groups excluding tert-OH is 1. The second kappa shape index (κ2) is 6.17. The monoisotopic (exact) mass is 310 g/mol. The number of hydrogen-bond acceptors (Lipinski definition) is 5. The lowest BCUT2D eigenvalue weighted by atomic mass is 10.2. The van der Waals surface area contributed by atoms with E-state index in [1.165, 1.54) is 18.3 Å². The molecule has 1 heterocycles. The van der Waals surface area contributed by atoms with Gasteiger partial charge < -0.3 is 10.2 Å². The lowest BCUT2D eigenvalue weighted by molar-refractivity contribution is -0.139. The molecule has 0 unspecified atom stereocenters. The molecule has 0 aliphatic carbocycles. The van der Waals surface area contributed by atoms with Gasteiger partial charge in [-0.05, 0) is 30.7 Å². The third-order valence-electron chi connectivity index (χ3n) is 2.91. The Morgan fingerprint density at radius 2 is 2.05 bits per heavy atom. The highest BCUT2D eigenvalue weighted by molar-refractivity contribution is 7.89. The van der Waals surface area contributed by atoms with Gasteiger partial charge in [-0.2, -0.15) is 4.72 Å². The molecule has 1 atom stereocenters. The van der Waals surface area contributed by atoms with Gasteiger partial charge in [0, 0.05) is 18.2 Å². The maximum absolute atomic E-state index is 12.4. The minimum Gasteiger partial charge on any atom is -0.480 e. The van der Waals surface area contributed by atoms with Crippen LogP contribution in [0.15, 0.2) is 41.4 Å². The Hall–Kier alpha value is -2.03. The van der Waals surface area contributed by atoms with Crippen molar-refractivity contribution in [3.05, 3.63) is 36.5 Å². The van der Waals surface area contributed by atoms with Crippen molar-refractivity contribution in [3.8, 4) is 0 Å². The lowest BCUT2D eigenvalue weighted by Crippen LogP contribution is -2.41. The molecule has 0 radical (unpaired) electrons. The van der Waals surface area contributed by atoms with E-state index in [9.17, 15) is 13.2 Å². The molecule has 0 aliphatic rings. The molecule has 21 heavy (non-hydrogen) atoms. The van der Waals surface area contributed by atoms with Gasteiger partial charge in [0.2, 0.25) is 10.0 Å². The SMILES string of the molecule is O=C(O)[C@H](CCO)NS(=O)(=O)c1cccc2ncccc12. The Kier molecular flexibility index (Phi) is 4.51. The summed E-state index contributed by atoms with van der Waals surface area (Å²) in [5.74, 6) is -1.34. The van der Waals surface area contributed by atoms with Crippen LogP contribution in [0.2, 0.25) is 0 Å². The predicted octanol–water partition coefficient (Wildman–Crippen LogP) is 0.349. The van der Waals surface area contributed by atoms with Gasteiger partial charge in [-0.15, -0.1) is 0 Å². The molecule has 0 saturated heterocycles. The fourth-order valence-corrected chi connectivity index (χ4v) is 3.36. The molecule has 2 rings (SSSR count). The average Bonchev–Trinajstić information content (AvgIpc) is 2.46. The van der Waals surface area contributed by atoms with Gasteiger partial charge in [0.25, 0.3) is 0 Å². The summed E-state index contributed by atoms with van der Waals surface area (Å²) in [6.45, 7) is -0.434. The number of pyridine rings is 1. The zero-order valence-electron chi connectivity index (χ0n) is 10.9. The molecule has 0 fully saturated rings. The van der Waals surface area contributed by atoms with Crippen LogP contribution in [0.4, 0.5) is 0 Å². The van der Waals surface area contributed by atoms with Crippen LogP contribution in [0.5, 0.6) is 0 Å². The summed E-state index contributed by atoms with van der Waals surface area (Å²) in [4.78, 5) is 15.0. The molecule has 1 aromatic carbocycles. The highest BCUT2D eigenvalue weighted by Gasteiger charge is 2.26. The van der Waals surface area contributed by atoms with E-state index in [-0.39, 0.29) is 11.3 Å². The van der Waals surface area contributed by atoms with E-state index in [2.05, 4.69) is 9.71 Å². The van der Waals surface area contributed by atoms with Gasteiger partial charge in [0.15, 0.2) is 0 Å². The standard InChI is InChI=1S/C13H14N2O5S/c16-8-6-11(13(17)18)15-21(19,20)12-5-1-4-10-9(12)3-2-7-14-10/h1-5,7,11,15-16H,6,8H2,(H,17,18)/t11-/m0/s1. The highest BCUT2D eigenvalue weighted by Crippen LogP contribution is 2.21. The van der Waals surface area contributed by atoms with Gasteiger partial charge >= 0.3 is 5.97 Å². The van der Waals surface area contributed by atoms with Crippen molar-refractivity contribution in [2.75, 3.05) is 6.61 Å². The number of aliphatic hydroxyl groups is 1. The number of carboxylic acids is 1. The van der Waals surface area contributed by atoms with E-state index in [0.717, 1.165) is 0 Å². The van der Waals surface area contributed by atoms with E-state index in [0.29, 0.717) is 10.9 Å². The maximum Gasteiger partial charge on any atom is 0.321 e. The van der Waals surface area contributed by atoms with E-state index in [1.54, 1.807) is 18.2 Å². The third-order valence-corrected chi connectivity index (χ3v) is 4.44. The number of nitrogens with zero attached hydrogens (tertiary/aromatic N) is 1. The second-order valence-corrected chi connectivity index (χ2v) is 6.03. The van der Waals surface area contributed by atoms with Gasteiger partial charge in [-0.3, -0.25) is 9.78 Å². The molecule has 7 nitrogen and oxygen atoms in total. The average molecular weight is 310 g/mol. The molecule has 112 valence electrons. The van der Waals surface area contributed by atoms with Crippen molar-refractivity contribution < 1.29 is 23.4 Å². The molecule has 3 N–H and O–H groups in total. The molecule has 0 spiro atoms. The van der Waals surface area contributed by atoms with Gasteiger partial charge in [0.1, 0.15) is 6.04 Å². The van der Waals surface area contributed by atoms with Crippen LogP contribution < -0.4 is 4.72 Å².